The minimum atomic E-state index is 0.0417. The van der Waals surface area contributed by atoms with Gasteiger partial charge in [0.25, 0.3) is 0 Å². The third kappa shape index (κ3) is 5.76. The quantitative estimate of drug-likeness (QED) is 0.568. The average Bonchev–Trinajstić information content (AvgIpc) is 2.62. The van der Waals surface area contributed by atoms with Gasteiger partial charge < -0.3 is 4.74 Å². The Morgan fingerprint density at radius 3 is 1.61 bits per heavy atom. The van der Waals surface area contributed by atoms with Gasteiger partial charge in [0.1, 0.15) is 12.2 Å². The van der Waals surface area contributed by atoms with E-state index in [0.717, 1.165) is 49.9 Å². The van der Waals surface area contributed by atoms with E-state index in [1.807, 2.05) is 36.7 Å². The number of pyridine rings is 2. The van der Waals surface area contributed by atoms with Crippen molar-refractivity contribution < 1.29 is 4.74 Å². The number of aromatic nitrogens is 2. The smallest absolute Gasteiger partial charge is 0.100 e. The van der Waals surface area contributed by atoms with Crippen LogP contribution in [0.3, 0.4) is 0 Å². The highest BCUT2D eigenvalue weighted by atomic mass is 16.5. The molecule has 0 N–H and O–H groups in total. The maximum atomic E-state index is 6.50. The van der Waals surface area contributed by atoms with Crippen molar-refractivity contribution in [2.24, 2.45) is 0 Å². The van der Waals surface area contributed by atoms with Gasteiger partial charge in [-0.2, -0.15) is 0 Å². The molecule has 0 aliphatic rings. The van der Waals surface area contributed by atoms with Crippen LogP contribution in [0, 0.1) is 0 Å². The van der Waals surface area contributed by atoms with E-state index in [1.165, 1.54) is 0 Å². The first-order valence-electron chi connectivity index (χ1n) is 8.82. The molecule has 0 bridgehead atoms. The molecular formula is C20H28N2O. The highest BCUT2D eigenvalue weighted by molar-refractivity contribution is 5.10. The normalized spacial score (nSPS) is 13.7. The highest BCUT2D eigenvalue weighted by Crippen LogP contribution is 2.31. The van der Waals surface area contributed by atoms with E-state index >= 15 is 0 Å². The van der Waals surface area contributed by atoms with Gasteiger partial charge in [0, 0.05) is 12.4 Å². The third-order valence-electron chi connectivity index (χ3n) is 4.00. The summed E-state index contributed by atoms with van der Waals surface area (Å²) in [4.78, 5) is 9.03. The lowest BCUT2D eigenvalue weighted by Crippen LogP contribution is -2.13. The number of hydrogen-bond acceptors (Lipinski definition) is 3. The standard InChI is InChI=1S/C20H28N2O/c1-3-5-13-19(17-11-7-9-15-21-17)23-20(14-6-4-2)18-12-8-10-16-22-18/h7-12,15-16,19-20H,3-6,13-14H2,1-2H3. The zero-order valence-electron chi connectivity index (χ0n) is 14.3. The van der Waals surface area contributed by atoms with Crippen LogP contribution in [0.15, 0.2) is 48.8 Å². The molecule has 23 heavy (non-hydrogen) atoms. The number of hydrogen-bond donors (Lipinski definition) is 0. The number of rotatable bonds is 10. The summed E-state index contributed by atoms with van der Waals surface area (Å²) in [6, 6.07) is 12.1. The second-order valence-electron chi connectivity index (χ2n) is 5.91. The molecule has 2 unspecified atom stereocenters. The van der Waals surface area contributed by atoms with Crippen molar-refractivity contribution in [1.82, 2.24) is 9.97 Å². The minimum Gasteiger partial charge on any atom is -0.362 e. The van der Waals surface area contributed by atoms with Gasteiger partial charge in [0.2, 0.25) is 0 Å². The van der Waals surface area contributed by atoms with E-state index in [4.69, 9.17) is 4.74 Å². The molecule has 2 rings (SSSR count). The van der Waals surface area contributed by atoms with Gasteiger partial charge in [0.05, 0.1) is 11.4 Å². The van der Waals surface area contributed by atoms with Crippen LogP contribution in [-0.4, -0.2) is 9.97 Å². The SMILES string of the molecule is CCCCC(OC(CCCC)c1ccccn1)c1ccccn1. The number of unbranched alkanes of at least 4 members (excludes halogenated alkanes) is 2. The summed E-state index contributed by atoms with van der Waals surface area (Å²) in [6.45, 7) is 4.42. The van der Waals surface area contributed by atoms with Crippen molar-refractivity contribution in [2.75, 3.05) is 0 Å². The van der Waals surface area contributed by atoms with Crippen molar-refractivity contribution >= 4 is 0 Å². The molecule has 2 aromatic heterocycles. The first kappa shape index (κ1) is 17.6. The Bertz CT molecular complexity index is 480. The Labute approximate surface area is 140 Å². The Morgan fingerprint density at radius 2 is 1.26 bits per heavy atom. The molecule has 3 nitrogen and oxygen atoms in total. The number of nitrogens with zero attached hydrogens (tertiary/aromatic N) is 2. The molecule has 0 fully saturated rings. The monoisotopic (exact) mass is 312 g/mol. The van der Waals surface area contributed by atoms with E-state index in [9.17, 15) is 0 Å². The Morgan fingerprint density at radius 1 is 0.783 bits per heavy atom. The van der Waals surface area contributed by atoms with Gasteiger partial charge in [-0.05, 0) is 37.1 Å². The molecule has 0 amide bonds. The Balaban J connectivity index is 2.15. The second-order valence-corrected chi connectivity index (χ2v) is 5.91. The van der Waals surface area contributed by atoms with Gasteiger partial charge in [-0.25, -0.2) is 0 Å². The van der Waals surface area contributed by atoms with Gasteiger partial charge in [-0.15, -0.1) is 0 Å². The molecule has 0 aromatic carbocycles. The maximum absolute atomic E-state index is 6.50. The second kappa shape index (κ2) is 10.1. The summed E-state index contributed by atoms with van der Waals surface area (Å²) in [6.07, 6.45) is 10.4. The lowest BCUT2D eigenvalue weighted by atomic mass is 10.1. The van der Waals surface area contributed by atoms with E-state index in [1.54, 1.807) is 0 Å². The lowest BCUT2D eigenvalue weighted by Gasteiger charge is -2.24. The van der Waals surface area contributed by atoms with Crippen LogP contribution in [0.2, 0.25) is 0 Å². The molecule has 3 heteroatoms. The van der Waals surface area contributed by atoms with Crippen molar-refractivity contribution in [3.63, 3.8) is 0 Å². The predicted octanol–water partition coefficient (Wildman–Crippen LogP) is 5.66. The summed E-state index contributed by atoms with van der Waals surface area (Å²) in [5.41, 5.74) is 2.05. The molecule has 0 saturated carbocycles. The van der Waals surface area contributed by atoms with Crippen LogP contribution < -0.4 is 0 Å². The molecule has 124 valence electrons. The summed E-state index contributed by atoms with van der Waals surface area (Å²) in [7, 11) is 0. The molecule has 0 radical (unpaired) electrons. The van der Waals surface area contributed by atoms with Crippen LogP contribution in [0.4, 0.5) is 0 Å². The van der Waals surface area contributed by atoms with E-state index < -0.39 is 0 Å². The van der Waals surface area contributed by atoms with Crippen molar-refractivity contribution in [3.05, 3.63) is 60.2 Å². The van der Waals surface area contributed by atoms with E-state index in [-0.39, 0.29) is 12.2 Å². The molecule has 2 heterocycles. The largest absolute Gasteiger partial charge is 0.362 e. The summed E-state index contributed by atoms with van der Waals surface area (Å²) < 4.78 is 6.50. The fraction of sp³-hybridized carbons (Fsp3) is 0.500. The lowest BCUT2D eigenvalue weighted by molar-refractivity contribution is -0.0302. The van der Waals surface area contributed by atoms with Crippen molar-refractivity contribution in [3.8, 4) is 0 Å². The molecule has 2 atom stereocenters. The molecule has 0 aliphatic carbocycles. The summed E-state index contributed by atoms with van der Waals surface area (Å²) in [5, 5.41) is 0. The van der Waals surface area contributed by atoms with Gasteiger partial charge in [-0.3, -0.25) is 9.97 Å². The molecule has 2 aromatic rings. The molecule has 0 saturated heterocycles. The summed E-state index contributed by atoms with van der Waals surface area (Å²) in [5.74, 6) is 0. The minimum absolute atomic E-state index is 0.0417. The Kier molecular flexibility index (Phi) is 7.74. The average molecular weight is 312 g/mol. The Hall–Kier alpha value is -1.74. The van der Waals surface area contributed by atoms with Gasteiger partial charge in [0.15, 0.2) is 0 Å². The third-order valence-corrected chi connectivity index (χ3v) is 4.00. The van der Waals surface area contributed by atoms with Crippen LogP contribution in [0.25, 0.3) is 0 Å². The van der Waals surface area contributed by atoms with Gasteiger partial charge in [-0.1, -0.05) is 51.7 Å². The van der Waals surface area contributed by atoms with Crippen LogP contribution in [0.5, 0.6) is 0 Å². The first-order chi connectivity index (χ1) is 11.3. The zero-order valence-corrected chi connectivity index (χ0v) is 14.3. The van der Waals surface area contributed by atoms with Crippen LogP contribution in [-0.2, 0) is 4.74 Å². The first-order valence-corrected chi connectivity index (χ1v) is 8.82. The molecular weight excluding hydrogens is 284 g/mol. The zero-order chi connectivity index (χ0) is 16.3. The topological polar surface area (TPSA) is 35.0 Å². The summed E-state index contributed by atoms with van der Waals surface area (Å²) >= 11 is 0. The fourth-order valence-corrected chi connectivity index (χ4v) is 2.68. The van der Waals surface area contributed by atoms with E-state index in [2.05, 4.69) is 35.9 Å². The highest BCUT2D eigenvalue weighted by Gasteiger charge is 2.21. The molecule has 0 aliphatic heterocycles. The molecule has 0 spiro atoms. The van der Waals surface area contributed by atoms with Crippen molar-refractivity contribution in [1.29, 1.82) is 0 Å². The maximum Gasteiger partial charge on any atom is 0.100 e. The predicted molar refractivity (Wildman–Crippen MR) is 94.1 cm³/mol. The van der Waals surface area contributed by atoms with Crippen LogP contribution in [0.1, 0.15) is 76.0 Å². The number of ether oxygens (including phenoxy) is 1. The van der Waals surface area contributed by atoms with Crippen LogP contribution >= 0.6 is 0 Å². The fourth-order valence-electron chi connectivity index (χ4n) is 2.68. The van der Waals surface area contributed by atoms with Crippen molar-refractivity contribution in [2.45, 2.75) is 64.6 Å². The van der Waals surface area contributed by atoms with E-state index in [0.29, 0.717) is 0 Å². The van der Waals surface area contributed by atoms with Gasteiger partial charge >= 0.3 is 0 Å².